The van der Waals surface area contributed by atoms with E-state index in [1.54, 1.807) is 42.6 Å². The fraction of sp³-hybridized carbons (Fsp3) is 0.294. The molecule has 0 radical (unpaired) electrons. The average molecular weight is 308 g/mol. The lowest BCUT2D eigenvalue weighted by Gasteiger charge is -2.31. The minimum absolute atomic E-state index is 0.00700. The van der Waals surface area contributed by atoms with Crippen LogP contribution in [0.1, 0.15) is 28.8 Å². The van der Waals surface area contributed by atoms with Crippen molar-refractivity contribution in [2.24, 2.45) is 0 Å². The summed E-state index contributed by atoms with van der Waals surface area (Å²) in [5.41, 5.74) is 1.16. The molecule has 1 aromatic heterocycles. The van der Waals surface area contributed by atoms with Crippen molar-refractivity contribution in [3.63, 3.8) is 0 Å². The van der Waals surface area contributed by atoms with Gasteiger partial charge in [-0.2, -0.15) is 10.4 Å². The summed E-state index contributed by atoms with van der Waals surface area (Å²) in [6.45, 7) is 1.29. The quantitative estimate of drug-likeness (QED) is 0.867. The van der Waals surface area contributed by atoms with E-state index in [0.29, 0.717) is 30.1 Å². The van der Waals surface area contributed by atoms with Gasteiger partial charge in [0.2, 0.25) is 5.88 Å². The van der Waals surface area contributed by atoms with Gasteiger partial charge in [-0.3, -0.25) is 4.79 Å². The molecule has 0 spiro atoms. The third kappa shape index (κ3) is 3.64. The number of nitriles is 1. The van der Waals surface area contributed by atoms with E-state index in [4.69, 9.17) is 10.00 Å². The number of hydrogen-bond acceptors (Lipinski definition) is 5. The topological polar surface area (TPSA) is 79.1 Å². The highest BCUT2D eigenvalue weighted by Gasteiger charge is 2.24. The third-order valence-corrected chi connectivity index (χ3v) is 3.83. The molecule has 116 valence electrons. The highest BCUT2D eigenvalue weighted by molar-refractivity contribution is 5.94. The Hall–Kier alpha value is -2.94. The predicted molar refractivity (Wildman–Crippen MR) is 82.7 cm³/mol. The Morgan fingerprint density at radius 2 is 1.96 bits per heavy atom. The second-order valence-electron chi connectivity index (χ2n) is 5.36. The Kier molecular flexibility index (Phi) is 4.48. The van der Waals surface area contributed by atoms with Gasteiger partial charge in [0.05, 0.1) is 11.6 Å². The van der Waals surface area contributed by atoms with E-state index >= 15 is 0 Å². The lowest BCUT2D eigenvalue weighted by molar-refractivity contribution is 0.0586. The largest absolute Gasteiger partial charge is 0.473 e. The number of piperidine rings is 1. The SMILES string of the molecule is N#Cc1ccc(C(=O)N2CCC(Oc3cccnn3)CC2)cc1. The Morgan fingerprint density at radius 1 is 1.22 bits per heavy atom. The first-order valence-electron chi connectivity index (χ1n) is 7.50. The van der Waals surface area contributed by atoms with Crippen molar-refractivity contribution in [3.05, 3.63) is 53.7 Å². The van der Waals surface area contributed by atoms with E-state index in [1.807, 2.05) is 11.0 Å². The number of carbonyl (C=O) groups excluding carboxylic acids is 1. The van der Waals surface area contributed by atoms with Crippen LogP contribution in [0.3, 0.4) is 0 Å². The molecule has 0 saturated carbocycles. The summed E-state index contributed by atoms with van der Waals surface area (Å²) in [5.74, 6) is 0.511. The molecule has 6 nitrogen and oxygen atoms in total. The molecule has 1 aromatic carbocycles. The van der Waals surface area contributed by atoms with Crippen molar-refractivity contribution >= 4 is 5.91 Å². The standard InChI is InChI=1S/C17H16N4O2/c18-12-13-3-5-14(6-4-13)17(22)21-10-7-15(8-11-21)23-16-2-1-9-19-20-16/h1-6,9,15H,7-8,10-11H2. The minimum Gasteiger partial charge on any atom is -0.473 e. The first-order valence-corrected chi connectivity index (χ1v) is 7.50. The highest BCUT2D eigenvalue weighted by Crippen LogP contribution is 2.18. The Labute approximate surface area is 134 Å². The molecule has 0 unspecified atom stereocenters. The molecule has 0 N–H and O–H groups in total. The number of carbonyl (C=O) groups is 1. The summed E-state index contributed by atoms with van der Waals surface area (Å²) in [4.78, 5) is 14.3. The van der Waals surface area contributed by atoms with Crippen LogP contribution in [-0.4, -0.2) is 40.2 Å². The van der Waals surface area contributed by atoms with E-state index in [1.165, 1.54) is 0 Å². The summed E-state index contributed by atoms with van der Waals surface area (Å²) in [5, 5.41) is 16.5. The van der Waals surface area contributed by atoms with Crippen LogP contribution in [0.4, 0.5) is 0 Å². The van der Waals surface area contributed by atoms with E-state index in [-0.39, 0.29) is 12.0 Å². The maximum atomic E-state index is 12.4. The Bertz CT molecular complexity index is 702. The normalized spacial score (nSPS) is 15.0. The second kappa shape index (κ2) is 6.88. The maximum absolute atomic E-state index is 12.4. The van der Waals surface area contributed by atoms with Gasteiger partial charge in [0, 0.05) is 43.8 Å². The molecule has 0 bridgehead atoms. The predicted octanol–water partition coefficient (Wildman–Crippen LogP) is 2.03. The van der Waals surface area contributed by atoms with E-state index in [0.717, 1.165) is 12.8 Å². The van der Waals surface area contributed by atoms with Gasteiger partial charge in [-0.25, -0.2) is 0 Å². The number of likely N-dealkylation sites (tertiary alicyclic amines) is 1. The Balaban J connectivity index is 1.56. The van der Waals surface area contributed by atoms with E-state index < -0.39 is 0 Å². The molecule has 1 fully saturated rings. The van der Waals surface area contributed by atoms with Crippen LogP contribution in [0, 0.1) is 11.3 Å². The molecule has 1 amide bonds. The van der Waals surface area contributed by atoms with Crippen molar-refractivity contribution in [2.75, 3.05) is 13.1 Å². The molecule has 2 heterocycles. The summed E-state index contributed by atoms with van der Waals surface area (Å²) < 4.78 is 5.77. The van der Waals surface area contributed by atoms with Crippen LogP contribution in [0.5, 0.6) is 5.88 Å². The summed E-state index contributed by atoms with van der Waals surface area (Å²) in [6.07, 6.45) is 3.18. The second-order valence-corrected chi connectivity index (χ2v) is 5.36. The smallest absolute Gasteiger partial charge is 0.253 e. The van der Waals surface area contributed by atoms with E-state index in [9.17, 15) is 4.79 Å². The minimum atomic E-state index is -0.00700. The van der Waals surface area contributed by atoms with Crippen LogP contribution in [-0.2, 0) is 0 Å². The summed E-state index contributed by atoms with van der Waals surface area (Å²) >= 11 is 0. The zero-order valence-corrected chi connectivity index (χ0v) is 12.6. The molecule has 3 rings (SSSR count). The number of hydrogen-bond donors (Lipinski definition) is 0. The van der Waals surface area contributed by atoms with Gasteiger partial charge >= 0.3 is 0 Å². The zero-order valence-electron chi connectivity index (χ0n) is 12.6. The van der Waals surface area contributed by atoms with Crippen molar-refractivity contribution in [2.45, 2.75) is 18.9 Å². The van der Waals surface area contributed by atoms with Crippen LogP contribution < -0.4 is 4.74 Å². The van der Waals surface area contributed by atoms with Gasteiger partial charge in [0.1, 0.15) is 6.10 Å². The van der Waals surface area contributed by atoms with Crippen LogP contribution >= 0.6 is 0 Å². The highest BCUT2D eigenvalue weighted by atomic mass is 16.5. The third-order valence-electron chi connectivity index (χ3n) is 3.83. The van der Waals surface area contributed by atoms with Crippen molar-refractivity contribution in [1.82, 2.24) is 15.1 Å². The molecular weight excluding hydrogens is 292 g/mol. The van der Waals surface area contributed by atoms with Gasteiger partial charge in [0.15, 0.2) is 0 Å². The molecule has 1 aliphatic heterocycles. The maximum Gasteiger partial charge on any atom is 0.253 e. The average Bonchev–Trinajstić information content (AvgIpc) is 2.63. The van der Waals surface area contributed by atoms with Crippen molar-refractivity contribution in [1.29, 1.82) is 5.26 Å². The number of aromatic nitrogens is 2. The molecule has 1 aliphatic rings. The molecule has 2 aromatic rings. The van der Waals surface area contributed by atoms with Crippen LogP contribution in [0.25, 0.3) is 0 Å². The van der Waals surface area contributed by atoms with Crippen LogP contribution in [0.15, 0.2) is 42.6 Å². The summed E-state index contributed by atoms with van der Waals surface area (Å²) in [6, 6.07) is 12.3. The van der Waals surface area contributed by atoms with Gasteiger partial charge in [-0.1, -0.05) is 0 Å². The molecule has 6 heteroatoms. The van der Waals surface area contributed by atoms with Crippen LogP contribution in [0.2, 0.25) is 0 Å². The zero-order chi connectivity index (χ0) is 16.1. The molecule has 0 atom stereocenters. The number of nitrogens with zero attached hydrogens (tertiary/aromatic N) is 4. The Morgan fingerprint density at radius 3 is 2.57 bits per heavy atom. The van der Waals surface area contributed by atoms with E-state index in [2.05, 4.69) is 10.2 Å². The van der Waals surface area contributed by atoms with Gasteiger partial charge in [0.25, 0.3) is 5.91 Å². The van der Waals surface area contributed by atoms with Gasteiger partial charge in [-0.05, 0) is 30.3 Å². The number of rotatable bonds is 3. The van der Waals surface area contributed by atoms with Gasteiger partial charge < -0.3 is 9.64 Å². The molecule has 23 heavy (non-hydrogen) atoms. The summed E-state index contributed by atoms with van der Waals surface area (Å²) in [7, 11) is 0. The fourth-order valence-corrected chi connectivity index (χ4v) is 2.57. The first kappa shape index (κ1) is 15.0. The molecular formula is C17H16N4O2. The van der Waals surface area contributed by atoms with Gasteiger partial charge in [-0.15, -0.1) is 5.10 Å². The van der Waals surface area contributed by atoms with Crippen molar-refractivity contribution in [3.8, 4) is 11.9 Å². The monoisotopic (exact) mass is 308 g/mol. The number of benzene rings is 1. The molecule has 0 aliphatic carbocycles. The van der Waals surface area contributed by atoms with Crippen molar-refractivity contribution < 1.29 is 9.53 Å². The number of amides is 1. The fourth-order valence-electron chi connectivity index (χ4n) is 2.57. The lowest BCUT2D eigenvalue weighted by Crippen LogP contribution is -2.41. The first-order chi connectivity index (χ1) is 11.3. The lowest BCUT2D eigenvalue weighted by atomic mass is 10.1. The number of ether oxygens (including phenoxy) is 1. The molecule has 1 saturated heterocycles.